The molecule has 0 aromatic carbocycles. The number of thioether (sulfide) groups is 1. The highest BCUT2D eigenvalue weighted by Crippen LogP contribution is 2.21. The second-order valence-electron chi connectivity index (χ2n) is 4.24. The molecule has 1 rings (SSSR count). The SMILES string of the molecule is CCCSCC(Cc1c(C)nn(C)c1Cl)NC. The van der Waals surface area contributed by atoms with Crippen molar-refractivity contribution in [2.75, 3.05) is 18.6 Å². The Hall–Kier alpha value is -0.190. The number of aryl methyl sites for hydroxylation is 2. The van der Waals surface area contributed by atoms with Crippen LogP contribution in [0.2, 0.25) is 5.15 Å². The van der Waals surface area contributed by atoms with E-state index in [0.29, 0.717) is 6.04 Å². The Bertz CT molecular complexity index is 352. The molecule has 0 saturated heterocycles. The molecule has 1 aromatic rings. The van der Waals surface area contributed by atoms with Crippen molar-refractivity contribution in [2.45, 2.75) is 32.7 Å². The van der Waals surface area contributed by atoms with Gasteiger partial charge in [0.15, 0.2) is 0 Å². The highest BCUT2D eigenvalue weighted by atomic mass is 35.5. The fourth-order valence-corrected chi connectivity index (χ4v) is 3.04. The molecule has 0 aliphatic carbocycles. The predicted molar refractivity (Wildman–Crippen MR) is 77.1 cm³/mol. The Labute approximate surface area is 113 Å². The first kappa shape index (κ1) is 14.9. The summed E-state index contributed by atoms with van der Waals surface area (Å²) in [6, 6.07) is 0.465. The van der Waals surface area contributed by atoms with Gasteiger partial charge in [-0.25, -0.2) is 0 Å². The lowest BCUT2D eigenvalue weighted by Gasteiger charge is -2.15. The van der Waals surface area contributed by atoms with Crippen LogP contribution in [0.15, 0.2) is 0 Å². The van der Waals surface area contributed by atoms with Crippen LogP contribution in [0, 0.1) is 6.92 Å². The maximum atomic E-state index is 6.24. The van der Waals surface area contributed by atoms with Crippen LogP contribution in [0.4, 0.5) is 0 Å². The molecular weight excluding hydrogens is 254 g/mol. The van der Waals surface area contributed by atoms with Crippen LogP contribution in [0.3, 0.4) is 0 Å². The number of likely N-dealkylation sites (N-methyl/N-ethyl adjacent to an activating group) is 1. The second kappa shape index (κ2) is 7.29. The maximum absolute atomic E-state index is 6.24. The quantitative estimate of drug-likeness (QED) is 0.776. The number of hydrogen-bond donors (Lipinski definition) is 1. The van der Waals surface area contributed by atoms with E-state index < -0.39 is 0 Å². The molecule has 0 radical (unpaired) electrons. The van der Waals surface area contributed by atoms with Crippen molar-refractivity contribution in [3.05, 3.63) is 16.4 Å². The van der Waals surface area contributed by atoms with Gasteiger partial charge < -0.3 is 5.32 Å². The van der Waals surface area contributed by atoms with Crippen LogP contribution in [0.25, 0.3) is 0 Å². The number of aromatic nitrogens is 2. The Morgan fingerprint density at radius 2 is 2.24 bits per heavy atom. The molecule has 17 heavy (non-hydrogen) atoms. The lowest BCUT2D eigenvalue weighted by molar-refractivity contribution is 0.615. The van der Waals surface area contributed by atoms with Gasteiger partial charge in [-0.3, -0.25) is 4.68 Å². The Balaban J connectivity index is 2.60. The van der Waals surface area contributed by atoms with E-state index in [1.54, 1.807) is 4.68 Å². The number of nitrogens with one attached hydrogen (secondary N) is 1. The molecule has 0 fully saturated rings. The molecular formula is C12H22ClN3S. The average Bonchev–Trinajstić information content (AvgIpc) is 2.54. The van der Waals surface area contributed by atoms with Crippen LogP contribution in [-0.2, 0) is 13.5 Å². The van der Waals surface area contributed by atoms with E-state index in [2.05, 4.69) is 17.3 Å². The van der Waals surface area contributed by atoms with E-state index in [1.165, 1.54) is 17.7 Å². The molecule has 98 valence electrons. The summed E-state index contributed by atoms with van der Waals surface area (Å²) < 4.78 is 1.75. The molecule has 1 atom stereocenters. The summed E-state index contributed by atoms with van der Waals surface area (Å²) in [6.45, 7) is 4.23. The van der Waals surface area contributed by atoms with E-state index in [-0.39, 0.29) is 0 Å². The van der Waals surface area contributed by atoms with Gasteiger partial charge in [0.25, 0.3) is 0 Å². The molecule has 0 aliphatic rings. The zero-order valence-electron chi connectivity index (χ0n) is 11.1. The zero-order valence-corrected chi connectivity index (χ0v) is 12.7. The van der Waals surface area contributed by atoms with Gasteiger partial charge in [-0.15, -0.1) is 0 Å². The van der Waals surface area contributed by atoms with Crippen molar-refractivity contribution in [1.82, 2.24) is 15.1 Å². The van der Waals surface area contributed by atoms with Crippen molar-refractivity contribution in [2.24, 2.45) is 7.05 Å². The molecule has 3 nitrogen and oxygen atoms in total. The smallest absolute Gasteiger partial charge is 0.130 e. The third-order valence-electron chi connectivity index (χ3n) is 2.80. The standard InChI is InChI=1S/C12H22ClN3S/c1-5-6-17-8-10(14-3)7-11-9(2)15-16(4)12(11)13/h10,14H,5-8H2,1-4H3. The highest BCUT2D eigenvalue weighted by Gasteiger charge is 2.15. The molecule has 1 aromatic heterocycles. The third kappa shape index (κ3) is 4.19. The van der Waals surface area contributed by atoms with Crippen LogP contribution in [-0.4, -0.2) is 34.4 Å². The molecule has 5 heteroatoms. The molecule has 1 N–H and O–H groups in total. The highest BCUT2D eigenvalue weighted by molar-refractivity contribution is 7.99. The van der Waals surface area contributed by atoms with Crippen LogP contribution < -0.4 is 5.32 Å². The summed E-state index contributed by atoms with van der Waals surface area (Å²) in [7, 11) is 3.90. The molecule has 1 unspecified atom stereocenters. The Kier molecular flexibility index (Phi) is 6.38. The van der Waals surface area contributed by atoms with Gasteiger partial charge in [-0.1, -0.05) is 18.5 Å². The molecule has 0 saturated carbocycles. The Morgan fingerprint density at radius 3 is 2.71 bits per heavy atom. The predicted octanol–water partition coefficient (Wildman–Crippen LogP) is 2.66. The molecule has 0 aliphatic heterocycles. The van der Waals surface area contributed by atoms with Crippen molar-refractivity contribution in [1.29, 1.82) is 0 Å². The van der Waals surface area contributed by atoms with Gasteiger partial charge in [-0.2, -0.15) is 16.9 Å². The van der Waals surface area contributed by atoms with Gasteiger partial charge in [0.2, 0.25) is 0 Å². The molecule has 0 bridgehead atoms. The number of hydrogen-bond acceptors (Lipinski definition) is 3. The van der Waals surface area contributed by atoms with Gasteiger partial charge in [0.1, 0.15) is 5.15 Å². The van der Waals surface area contributed by atoms with Crippen LogP contribution in [0.5, 0.6) is 0 Å². The van der Waals surface area contributed by atoms with E-state index in [4.69, 9.17) is 11.6 Å². The normalized spacial score (nSPS) is 13.0. The van der Waals surface area contributed by atoms with Crippen molar-refractivity contribution in [3.63, 3.8) is 0 Å². The van der Waals surface area contributed by atoms with Crippen LogP contribution >= 0.6 is 23.4 Å². The third-order valence-corrected chi connectivity index (χ3v) is 4.60. The average molecular weight is 276 g/mol. The first-order valence-electron chi connectivity index (χ1n) is 6.03. The summed E-state index contributed by atoms with van der Waals surface area (Å²) >= 11 is 8.23. The van der Waals surface area contributed by atoms with Gasteiger partial charge >= 0.3 is 0 Å². The van der Waals surface area contributed by atoms with Gasteiger partial charge in [0, 0.05) is 24.4 Å². The monoisotopic (exact) mass is 275 g/mol. The van der Waals surface area contributed by atoms with Crippen molar-refractivity contribution < 1.29 is 0 Å². The van der Waals surface area contributed by atoms with Gasteiger partial charge in [-0.05, 0) is 32.6 Å². The van der Waals surface area contributed by atoms with Gasteiger partial charge in [0.05, 0.1) is 5.69 Å². The molecule has 0 spiro atoms. The lowest BCUT2D eigenvalue weighted by Crippen LogP contribution is -2.30. The van der Waals surface area contributed by atoms with E-state index in [9.17, 15) is 0 Å². The molecule has 0 amide bonds. The summed E-state index contributed by atoms with van der Waals surface area (Å²) in [5.74, 6) is 2.34. The second-order valence-corrected chi connectivity index (χ2v) is 5.75. The zero-order chi connectivity index (χ0) is 12.8. The summed E-state index contributed by atoms with van der Waals surface area (Å²) in [5, 5.41) is 8.47. The van der Waals surface area contributed by atoms with E-state index in [0.717, 1.165) is 23.0 Å². The summed E-state index contributed by atoms with van der Waals surface area (Å²) in [5.41, 5.74) is 2.21. The van der Waals surface area contributed by atoms with E-state index in [1.807, 2.05) is 32.8 Å². The van der Waals surface area contributed by atoms with Crippen molar-refractivity contribution >= 4 is 23.4 Å². The Morgan fingerprint density at radius 1 is 1.53 bits per heavy atom. The maximum Gasteiger partial charge on any atom is 0.130 e. The first-order chi connectivity index (χ1) is 8.10. The summed E-state index contributed by atoms with van der Waals surface area (Å²) in [6.07, 6.45) is 2.18. The minimum Gasteiger partial charge on any atom is -0.316 e. The number of halogens is 1. The van der Waals surface area contributed by atoms with E-state index >= 15 is 0 Å². The lowest BCUT2D eigenvalue weighted by atomic mass is 10.1. The minimum atomic E-state index is 0.465. The number of rotatable bonds is 7. The first-order valence-corrected chi connectivity index (χ1v) is 7.56. The minimum absolute atomic E-state index is 0.465. The topological polar surface area (TPSA) is 29.9 Å². The van der Waals surface area contributed by atoms with Crippen LogP contribution in [0.1, 0.15) is 24.6 Å². The van der Waals surface area contributed by atoms with Crippen molar-refractivity contribution in [3.8, 4) is 0 Å². The fraction of sp³-hybridized carbons (Fsp3) is 0.750. The molecule has 1 heterocycles. The largest absolute Gasteiger partial charge is 0.316 e. The summed E-state index contributed by atoms with van der Waals surface area (Å²) in [4.78, 5) is 0. The fourth-order valence-electron chi connectivity index (χ4n) is 1.77. The number of nitrogens with zero attached hydrogens (tertiary/aromatic N) is 2.